The first kappa shape index (κ1) is 29.6. The standard InChI is InChI=1S/C18H34O3.K.Na.H/c1-2-3-4-11-14-17(19)15-12-9-7-5-6-8-10-13-16-18(20)21;;;/h9,12,17,19H,2-8,10-11,13-16H2,1H3,(H,20,21);;;/q;+1;;/p-1/b12-9-;;;/t17-;;;/m1.../s1. The Labute approximate surface area is 207 Å². The maximum absolute atomic E-state index is 10.2. The Morgan fingerprint density at radius 3 is 2.26 bits per heavy atom. The molecule has 126 valence electrons. The van der Waals surface area contributed by atoms with Gasteiger partial charge in [0.2, 0.25) is 0 Å². The molecule has 3 nitrogen and oxygen atoms in total. The average Bonchev–Trinajstić information content (AvgIpc) is 2.45. The zero-order valence-corrected chi connectivity index (χ0v) is 17.8. The third-order valence-corrected chi connectivity index (χ3v) is 3.72. The molecule has 0 spiro atoms. The number of hydrogen-bond acceptors (Lipinski definition) is 3. The van der Waals surface area contributed by atoms with E-state index in [1.54, 1.807) is 0 Å². The normalized spacial score (nSPS) is 11.7. The fourth-order valence-corrected chi connectivity index (χ4v) is 2.36. The van der Waals surface area contributed by atoms with Gasteiger partial charge in [0.05, 0.1) is 6.10 Å². The molecule has 0 aliphatic carbocycles. The zero-order chi connectivity index (χ0) is 15.8. The number of hydrogen-bond donors (Lipinski definition) is 1. The topological polar surface area (TPSA) is 60.4 Å². The second-order valence-corrected chi connectivity index (χ2v) is 5.89. The summed E-state index contributed by atoms with van der Waals surface area (Å²) in [6, 6.07) is 0. The number of aliphatic carboxylic acids is 1. The molecule has 0 amide bonds. The van der Waals surface area contributed by atoms with Crippen molar-refractivity contribution in [3.8, 4) is 0 Å². The number of aliphatic hydroxyl groups excluding tert-OH is 1. The van der Waals surface area contributed by atoms with Crippen LogP contribution in [0.1, 0.15) is 90.4 Å². The first-order valence-corrected chi connectivity index (χ1v) is 8.69. The van der Waals surface area contributed by atoms with E-state index < -0.39 is 5.97 Å². The predicted molar refractivity (Wildman–Crippen MR) is 93.0 cm³/mol. The van der Waals surface area contributed by atoms with E-state index >= 15 is 0 Å². The molecule has 0 aromatic heterocycles. The van der Waals surface area contributed by atoms with Crippen LogP contribution in [0, 0.1) is 0 Å². The van der Waals surface area contributed by atoms with E-state index in [-0.39, 0.29) is 93.5 Å². The van der Waals surface area contributed by atoms with Crippen molar-refractivity contribution in [2.45, 2.75) is 96.5 Å². The van der Waals surface area contributed by atoms with E-state index in [4.69, 9.17) is 0 Å². The van der Waals surface area contributed by atoms with Crippen LogP contribution in [-0.2, 0) is 4.79 Å². The first-order valence-electron chi connectivity index (χ1n) is 8.69. The van der Waals surface area contributed by atoms with E-state index in [0.717, 1.165) is 57.8 Å². The predicted octanol–water partition coefficient (Wildman–Crippen LogP) is 0.100. The molecule has 0 aliphatic heterocycles. The van der Waals surface area contributed by atoms with E-state index in [1.165, 1.54) is 19.3 Å². The van der Waals surface area contributed by atoms with Gasteiger partial charge < -0.3 is 15.0 Å². The molecule has 1 atom stereocenters. The van der Waals surface area contributed by atoms with Crippen molar-refractivity contribution < 1.29 is 66.4 Å². The number of carbonyl (C=O) groups excluding carboxylic acids is 1. The second kappa shape index (κ2) is 23.8. The Kier molecular flexibility index (Phi) is 30.6. The number of carboxylic acids is 1. The molecule has 0 aromatic carbocycles. The molecule has 23 heavy (non-hydrogen) atoms. The second-order valence-electron chi connectivity index (χ2n) is 5.89. The number of unbranched alkanes of at least 4 members (excludes halogenated alkanes) is 8. The van der Waals surface area contributed by atoms with Gasteiger partial charge in [0.15, 0.2) is 0 Å². The summed E-state index contributed by atoms with van der Waals surface area (Å²) in [5, 5.41) is 20.0. The molecule has 0 rings (SSSR count). The van der Waals surface area contributed by atoms with Crippen LogP contribution in [0.4, 0.5) is 0 Å². The van der Waals surface area contributed by atoms with Gasteiger partial charge in [-0.15, -0.1) is 0 Å². The van der Waals surface area contributed by atoms with Gasteiger partial charge in [0, 0.05) is 5.97 Å². The van der Waals surface area contributed by atoms with E-state index in [1.807, 2.05) is 0 Å². The Balaban J connectivity index is -0.00000200. The fraction of sp³-hybridized carbons (Fsp3) is 0.833. The van der Waals surface area contributed by atoms with Crippen molar-refractivity contribution in [1.29, 1.82) is 0 Å². The van der Waals surface area contributed by atoms with Gasteiger partial charge in [0.25, 0.3) is 0 Å². The van der Waals surface area contributed by atoms with Crippen molar-refractivity contribution in [3.63, 3.8) is 0 Å². The summed E-state index contributed by atoms with van der Waals surface area (Å²) in [6.45, 7) is 2.20. The quantitative estimate of drug-likeness (QED) is 0.256. The Hall–Kier alpha value is 1.81. The summed E-state index contributed by atoms with van der Waals surface area (Å²) in [6.07, 6.45) is 17.0. The van der Waals surface area contributed by atoms with Crippen molar-refractivity contribution in [2.75, 3.05) is 0 Å². The average molecular weight is 361 g/mol. The van der Waals surface area contributed by atoms with Crippen LogP contribution in [0.3, 0.4) is 0 Å². The summed E-state index contributed by atoms with van der Waals surface area (Å²) in [7, 11) is 0. The Bertz CT molecular complexity index is 273. The SMILES string of the molecule is CCCCCC[C@@H](O)C/C=C\CCCCCCCC(=O)[O-].[K+].[NaH]. The van der Waals surface area contributed by atoms with Gasteiger partial charge in [-0.05, 0) is 38.5 Å². The third kappa shape index (κ3) is 26.1. The van der Waals surface area contributed by atoms with Crippen LogP contribution >= 0.6 is 0 Å². The fourth-order valence-electron chi connectivity index (χ4n) is 2.36. The molecular formula is C18H34KNaO3. The van der Waals surface area contributed by atoms with Crippen molar-refractivity contribution in [2.24, 2.45) is 0 Å². The molecule has 5 heteroatoms. The molecule has 0 saturated carbocycles. The zero-order valence-electron chi connectivity index (χ0n) is 14.7. The molecular weight excluding hydrogens is 326 g/mol. The van der Waals surface area contributed by atoms with Crippen molar-refractivity contribution >= 4 is 35.5 Å². The Morgan fingerprint density at radius 2 is 1.61 bits per heavy atom. The number of allylic oxidation sites excluding steroid dienone is 1. The number of rotatable bonds is 15. The van der Waals surface area contributed by atoms with Crippen LogP contribution < -0.4 is 56.5 Å². The first-order chi connectivity index (χ1) is 10.2. The molecule has 0 bridgehead atoms. The summed E-state index contributed by atoms with van der Waals surface area (Å²) in [5.74, 6) is -0.939. The van der Waals surface area contributed by atoms with Gasteiger partial charge in [0.1, 0.15) is 0 Å². The number of aliphatic hydroxyl groups is 1. The van der Waals surface area contributed by atoms with Gasteiger partial charge in [-0.1, -0.05) is 64.0 Å². The maximum atomic E-state index is 10.2. The summed E-state index contributed by atoms with van der Waals surface area (Å²) in [4.78, 5) is 10.2. The molecule has 0 aliphatic rings. The molecule has 1 N–H and O–H groups in total. The third-order valence-electron chi connectivity index (χ3n) is 3.72. The molecule has 0 aromatic rings. The minimum absolute atomic E-state index is 0. The molecule has 0 fully saturated rings. The van der Waals surface area contributed by atoms with Gasteiger partial charge in [-0.25, -0.2) is 0 Å². The summed E-state index contributed by atoms with van der Waals surface area (Å²) in [5.41, 5.74) is 0. The summed E-state index contributed by atoms with van der Waals surface area (Å²) < 4.78 is 0. The van der Waals surface area contributed by atoms with Gasteiger partial charge in [-0.2, -0.15) is 0 Å². The van der Waals surface area contributed by atoms with Crippen LogP contribution in [0.25, 0.3) is 0 Å². The van der Waals surface area contributed by atoms with Crippen molar-refractivity contribution in [1.82, 2.24) is 0 Å². The van der Waals surface area contributed by atoms with Gasteiger partial charge in [-0.3, -0.25) is 0 Å². The van der Waals surface area contributed by atoms with Crippen LogP contribution in [-0.4, -0.2) is 46.7 Å². The van der Waals surface area contributed by atoms with Crippen LogP contribution in [0.5, 0.6) is 0 Å². The van der Waals surface area contributed by atoms with E-state index in [9.17, 15) is 15.0 Å². The van der Waals surface area contributed by atoms with Gasteiger partial charge >= 0.3 is 80.9 Å². The monoisotopic (exact) mass is 360 g/mol. The van der Waals surface area contributed by atoms with Crippen LogP contribution in [0.15, 0.2) is 12.2 Å². The summed E-state index contributed by atoms with van der Waals surface area (Å²) >= 11 is 0. The van der Waals surface area contributed by atoms with Crippen molar-refractivity contribution in [3.05, 3.63) is 12.2 Å². The van der Waals surface area contributed by atoms with E-state index in [2.05, 4.69) is 19.1 Å². The molecule has 0 saturated heterocycles. The Morgan fingerprint density at radius 1 is 1.00 bits per heavy atom. The molecule has 0 unspecified atom stereocenters. The minimum atomic E-state index is -0.939. The molecule has 0 radical (unpaired) electrons. The molecule has 0 heterocycles. The van der Waals surface area contributed by atoms with E-state index in [0.29, 0.717) is 0 Å². The number of carboxylic acid groups (broad SMARTS) is 1. The van der Waals surface area contributed by atoms with Crippen LogP contribution in [0.2, 0.25) is 0 Å². The number of carbonyl (C=O) groups is 1.